The molecular weight excluding hydrogens is 433 g/mol. The average molecular weight is 462 g/mol. The van der Waals surface area contributed by atoms with Crippen LogP contribution >= 0.6 is 0 Å². The van der Waals surface area contributed by atoms with E-state index in [1.165, 1.54) is 6.20 Å². The van der Waals surface area contributed by atoms with Gasteiger partial charge in [-0.3, -0.25) is 4.90 Å². The number of aromatic nitrogens is 6. The van der Waals surface area contributed by atoms with Gasteiger partial charge in [-0.1, -0.05) is 6.07 Å². The highest BCUT2D eigenvalue weighted by molar-refractivity contribution is 5.78. The van der Waals surface area contributed by atoms with Crippen LogP contribution in [0.3, 0.4) is 0 Å². The van der Waals surface area contributed by atoms with E-state index in [-0.39, 0.29) is 17.7 Å². The first-order chi connectivity index (χ1) is 16.5. The van der Waals surface area contributed by atoms with Crippen LogP contribution in [0.25, 0.3) is 22.4 Å². The van der Waals surface area contributed by atoms with Crippen molar-refractivity contribution in [3.63, 3.8) is 0 Å². The van der Waals surface area contributed by atoms with E-state index in [0.717, 1.165) is 49.6 Å². The highest BCUT2D eigenvalue weighted by Gasteiger charge is 2.16. The van der Waals surface area contributed by atoms with Crippen LogP contribution < -0.4 is 10.6 Å². The molecule has 5 rings (SSSR count). The van der Waals surface area contributed by atoms with Crippen molar-refractivity contribution in [2.75, 3.05) is 31.5 Å². The molecule has 0 radical (unpaired) electrons. The third kappa shape index (κ3) is 4.59. The summed E-state index contributed by atoms with van der Waals surface area (Å²) in [5, 5.41) is 6.44. The summed E-state index contributed by atoms with van der Waals surface area (Å²) in [6, 6.07) is 6.01. The van der Waals surface area contributed by atoms with E-state index in [1.807, 2.05) is 31.3 Å². The summed E-state index contributed by atoms with van der Waals surface area (Å²) in [6.45, 7) is 11.1. The van der Waals surface area contributed by atoms with Crippen molar-refractivity contribution >= 4 is 22.9 Å². The van der Waals surface area contributed by atoms with Crippen molar-refractivity contribution in [1.29, 1.82) is 0 Å². The minimum Gasteiger partial charge on any atom is -0.324 e. The maximum absolute atomic E-state index is 14.7. The lowest BCUT2D eigenvalue weighted by Gasteiger charge is -2.27. The number of hydrogen-bond acceptors (Lipinski definition) is 8. The predicted molar refractivity (Wildman–Crippen MR) is 129 cm³/mol. The van der Waals surface area contributed by atoms with Gasteiger partial charge < -0.3 is 15.2 Å². The van der Waals surface area contributed by atoms with Gasteiger partial charge in [0, 0.05) is 56.7 Å². The number of anilines is 2. The van der Waals surface area contributed by atoms with Crippen LogP contribution in [0.15, 0.2) is 36.8 Å². The Balaban J connectivity index is 1.37. The lowest BCUT2D eigenvalue weighted by Crippen LogP contribution is -2.42. The Morgan fingerprint density at radius 3 is 2.62 bits per heavy atom. The molecular formula is C24H28FN9. The second-order valence-electron chi connectivity index (χ2n) is 8.78. The number of imidazole rings is 1. The van der Waals surface area contributed by atoms with Crippen molar-refractivity contribution in [2.45, 2.75) is 33.4 Å². The summed E-state index contributed by atoms with van der Waals surface area (Å²) in [5.74, 6) is 1.22. The van der Waals surface area contributed by atoms with Crippen molar-refractivity contribution in [3.05, 3.63) is 54.0 Å². The van der Waals surface area contributed by atoms with E-state index in [0.29, 0.717) is 17.0 Å². The zero-order chi connectivity index (χ0) is 23.7. The largest absolute Gasteiger partial charge is 0.324 e. The Morgan fingerprint density at radius 2 is 1.88 bits per heavy atom. The predicted octanol–water partition coefficient (Wildman–Crippen LogP) is 3.46. The normalized spacial score (nSPS) is 14.7. The molecule has 0 aromatic carbocycles. The first-order valence-corrected chi connectivity index (χ1v) is 11.5. The van der Waals surface area contributed by atoms with Crippen LogP contribution in [-0.2, 0) is 6.54 Å². The molecule has 0 atom stereocenters. The maximum atomic E-state index is 14.7. The maximum Gasteiger partial charge on any atom is 0.229 e. The molecule has 0 aliphatic carbocycles. The molecule has 2 N–H and O–H groups in total. The molecule has 176 valence electrons. The molecule has 4 aromatic rings. The molecule has 1 aliphatic rings. The number of aryl methyl sites for hydroxylation is 1. The van der Waals surface area contributed by atoms with Gasteiger partial charge in [-0.2, -0.15) is 0 Å². The number of hydrogen-bond donors (Lipinski definition) is 2. The van der Waals surface area contributed by atoms with E-state index in [1.54, 1.807) is 6.20 Å². The van der Waals surface area contributed by atoms with Gasteiger partial charge in [-0.05, 0) is 38.5 Å². The number of fused-ring (bicyclic) bond motifs is 1. The fourth-order valence-corrected chi connectivity index (χ4v) is 4.34. The number of piperazine rings is 1. The van der Waals surface area contributed by atoms with Gasteiger partial charge in [-0.15, -0.1) is 0 Å². The first-order valence-electron chi connectivity index (χ1n) is 11.5. The van der Waals surface area contributed by atoms with Gasteiger partial charge in [0.1, 0.15) is 17.3 Å². The van der Waals surface area contributed by atoms with Gasteiger partial charge in [-0.25, -0.2) is 29.3 Å². The molecule has 0 bridgehead atoms. The van der Waals surface area contributed by atoms with Crippen molar-refractivity contribution in [3.8, 4) is 11.3 Å². The molecule has 34 heavy (non-hydrogen) atoms. The molecule has 0 saturated carbocycles. The SMILES string of the molecule is Cc1nc2ncc(-c3nc(Nc4ccc(CN5CCNCC5)cn4)ncc3F)cc2n1C(C)C. The van der Waals surface area contributed by atoms with Crippen LogP contribution in [0.2, 0.25) is 0 Å². The van der Waals surface area contributed by atoms with Gasteiger partial charge in [0.2, 0.25) is 5.95 Å². The highest BCUT2D eigenvalue weighted by Crippen LogP contribution is 2.27. The van der Waals surface area contributed by atoms with E-state index in [9.17, 15) is 4.39 Å². The summed E-state index contributed by atoms with van der Waals surface area (Å²) < 4.78 is 16.8. The molecule has 1 saturated heterocycles. The van der Waals surface area contributed by atoms with Gasteiger partial charge in [0.05, 0.1) is 11.7 Å². The number of nitrogens with zero attached hydrogens (tertiary/aromatic N) is 7. The smallest absolute Gasteiger partial charge is 0.229 e. The lowest BCUT2D eigenvalue weighted by atomic mass is 10.2. The van der Waals surface area contributed by atoms with Crippen LogP contribution in [0, 0.1) is 12.7 Å². The molecule has 1 fully saturated rings. The average Bonchev–Trinajstić information content (AvgIpc) is 3.17. The molecule has 0 amide bonds. The van der Waals surface area contributed by atoms with Crippen molar-refractivity contribution < 1.29 is 4.39 Å². The summed E-state index contributed by atoms with van der Waals surface area (Å²) >= 11 is 0. The highest BCUT2D eigenvalue weighted by atomic mass is 19.1. The Morgan fingerprint density at radius 1 is 1.06 bits per heavy atom. The van der Waals surface area contributed by atoms with Crippen molar-refractivity contribution in [1.82, 2.24) is 39.7 Å². The zero-order valence-electron chi connectivity index (χ0n) is 19.6. The summed E-state index contributed by atoms with van der Waals surface area (Å²) in [6.07, 6.45) is 4.61. The van der Waals surface area contributed by atoms with Gasteiger partial charge in [0.25, 0.3) is 0 Å². The summed E-state index contributed by atoms with van der Waals surface area (Å²) in [7, 11) is 0. The Labute approximate surface area is 197 Å². The zero-order valence-corrected chi connectivity index (χ0v) is 19.6. The second-order valence-corrected chi connectivity index (χ2v) is 8.78. The van der Waals surface area contributed by atoms with E-state index < -0.39 is 5.82 Å². The fraction of sp³-hybridized carbons (Fsp3) is 0.375. The fourth-order valence-electron chi connectivity index (χ4n) is 4.34. The molecule has 0 spiro atoms. The Kier molecular flexibility index (Phi) is 6.16. The van der Waals surface area contributed by atoms with E-state index in [4.69, 9.17) is 0 Å². The number of halogens is 1. The molecule has 4 aromatic heterocycles. The van der Waals surface area contributed by atoms with Gasteiger partial charge >= 0.3 is 0 Å². The lowest BCUT2D eigenvalue weighted by molar-refractivity contribution is 0.233. The van der Waals surface area contributed by atoms with Gasteiger partial charge in [0.15, 0.2) is 11.5 Å². The van der Waals surface area contributed by atoms with E-state index >= 15 is 0 Å². The number of nitrogens with one attached hydrogen (secondary N) is 2. The van der Waals surface area contributed by atoms with Crippen LogP contribution in [-0.4, -0.2) is 60.6 Å². The Hall–Kier alpha value is -3.50. The first kappa shape index (κ1) is 22.3. The third-order valence-corrected chi connectivity index (χ3v) is 5.94. The number of rotatable bonds is 6. The van der Waals surface area contributed by atoms with E-state index in [2.05, 4.69) is 58.9 Å². The molecule has 1 aliphatic heterocycles. The molecule has 0 unspecified atom stereocenters. The Bertz CT molecular complexity index is 1290. The van der Waals surface area contributed by atoms with Crippen LogP contribution in [0.4, 0.5) is 16.2 Å². The second kappa shape index (κ2) is 9.40. The van der Waals surface area contributed by atoms with Crippen LogP contribution in [0.1, 0.15) is 31.3 Å². The number of pyridine rings is 2. The third-order valence-electron chi connectivity index (χ3n) is 5.94. The summed E-state index contributed by atoms with van der Waals surface area (Å²) in [5.41, 5.74) is 3.37. The standard InChI is InChI=1S/C24H28FN9/c1-15(2)34-16(3)30-23-20(34)10-18(12-28-23)22-19(25)13-29-24(32-22)31-21-5-4-17(11-27-21)14-33-8-6-26-7-9-33/h4-5,10-13,15,26H,6-9,14H2,1-3H3,(H,27,29,31,32). The topological polar surface area (TPSA) is 96.7 Å². The monoisotopic (exact) mass is 461 g/mol. The van der Waals surface area contributed by atoms with Crippen LogP contribution in [0.5, 0.6) is 0 Å². The molecule has 10 heteroatoms. The molecule has 5 heterocycles. The minimum atomic E-state index is -0.515. The minimum absolute atomic E-state index is 0.177. The molecule has 9 nitrogen and oxygen atoms in total. The van der Waals surface area contributed by atoms with Crippen molar-refractivity contribution in [2.24, 2.45) is 0 Å². The quantitative estimate of drug-likeness (QED) is 0.451. The summed E-state index contributed by atoms with van der Waals surface area (Å²) in [4.78, 5) is 24.3.